The van der Waals surface area contributed by atoms with Crippen LogP contribution in [0.15, 0.2) is 29.3 Å². The number of rotatable bonds is 2. The summed E-state index contributed by atoms with van der Waals surface area (Å²) < 4.78 is 49.7. The predicted octanol–water partition coefficient (Wildman–Crippen LogP) is 4.06. The van der Waals surface area contributed by atoms with E-state index in [9.17, 15) is 22.4 Å². The number of amidine groups is 1. The van der Waals surface area contributed by atoms with Gasteiger partial charge in [-0.3, -0.25) is 4.79 Å². The van der Waals surface area contributed by atoms with Crippen molar-refractivity contribution in [3.63, 3.8) is 0 Å². The Bertz CT molecular complexity index is 608. The number of nitrogens with zero attached hydrogens (tertiary/aromatic N) is 2. The molecular formula is C13H11ClF4N2OS. The SMILES string of the molecule is CC1CN(c2cccc(Cl)c2)C(=NC(=O)C(F)C(F)(F)F)S1. The van der Waals surface area contributed by atoms with Gasteiger partial charge in [-0.25, -0.2) is 4.39 Å². The Morgan fingerprint density at radius 3 is 2.77 bits per heavy atom. The minimum absolute atomic E-state index is 0.00511. The summed E-state index contributed by atoms with van der Waals surface area (Å²) in [5, 5.41) is 0.465. The number of alkyl halides is 4. The van der Waals surface area contributed by atoms with Crippen LogP contribution >= 0.6 is 23.4 Å². The van der Waals surface area contributed by atoms with Crippen LogP contribution in [0.5, 0.6) is 0 Å². The van der Waals surface area contributed by atoms with Crippen molar-refractivity contribution in [3.8, 4) is 0 Å². The zero-order valence-electron chi connectivity index (χ0n) is 11.3. The quantitative estimate of drug-likeness (QED) is 0.751. The number of halogens is 5. The van der Waals surface area contributed by atoms with Crippen LogP contribution in [-0.2, 0) is 4.79 Å². The van der Waals surface area contributed by atoms with Crippen LogP contribution in [0.4, 0.5) is 23.2 Å². The van der Waals surface area contributed by atoms with E-state index in [2.05, 4.69) is 4.99 Å². The Morgan fingerprint density at radius 2 is 2.18 bits per heavy atom. The van der Waals surface area contributed by atoms with Gasteiger partial charge < -0.3 is 4.90 Å². The van der Waals surface area contributed by atoms with Gasteiger partial charge in [-0.1, -0.05) is 36.4 Å². The molecule has 0 saturated carbocycles. The number of anilines is 1. The van der Waals surface area contributed by atoms with Crippen molar-refractivity contribution in [2.75, 3.05) is 11.4 Å². The average molecular weight is 355 g/mol. The van der Waals surface area contributed by atoms with Gasteiger partial charge in [0.1, 0.15) is 0 Å². The van der Waals surface area contributed by atoms with Gasteiger partial charge in [0.2, 0.25) is 0 Å². The van der Waals surface area contributed by atoms with Crippen LogP contribution in [0.2, 0.25) is 5.02 Å². The fourth-order valence-corrected chi connectivity index (χ4v) is 3.07. The van der Waals surface area contributed by atoms with Gasteiger partial charge >= 0.3 is 6.18 Å². The van der Waals surface area contributed by atoms with E-state index in [-0.39, 0.29) is 10.4 Å². The molecule has 1 aromatic rings. The van der Waals surface area contributed by atoms with E-state index in [1.807, 2.05) is 6.92 Å². The summed E-state index contributed by atoms with van der Waals surface area (Å²) in [5.41, 5.74) is 0.582. The highest BCUT2D eigenvalue weighted by molar-refractivity contribution is 8.15. The molecule has 1 saturated heterocycles. The summed E-state index contributed by atoms with van der Waals surface area (Å²) in [7, 11) is 0. The van der Waals surface area contributed by atoms with Crippen LogP contribution < -0.4 is 4.90 Å². The largest absolute Gasteiger partial charge is 0.428 e. The lowest BCUT2D eigenvalue weighted by Crippen LogP contribution is -2.33. The molecule has 0 aromatic heterocycles. The topological polar surface area (TPSA) is 32.7 Å². The lowest BCUT2D eigenvalue weighted by atomic mass is 10.3. The molecule has 2 unspecified atom stereocenters. The van der Waals surface area contributed by atoms with Crippen LogP contribution in [0.1, 0.15) is 6.92 Å². The molecule has 9 heteroatoms. The molecule has 1 fully saturated rings. The number of hydrogen-bond acceptors (Lipinski definition) is 2. The maximum atomic E-state index is 13.0. The molecule has 0 spiro atoms. The number of thioether (sulfide) groups is 1. The molecule has 120 valence electrons. The van der Waals surface area contributed by atoms with Crippen LogP contribution in [0.25, 0.3) is 0 Å². The maximum absolute atomic E-state index is 13.0. The first-order valence-corrected chi connectivity index (χ1v) is 7.47. The van der Waals surface area contributed by atoms with Gasteiger partial charge in [0.25, 0.3) is 12.1 Å². The van der Waals surface area contributed by atoms with E-state index in [4.69, 9.17) is 11.6 Å². The van der Waals surface area contributed by atoms with Gasteiger partial charge in [-0.05, 0) is 18.2 Å². The lowest BCUT2D eigenvalue weighted by molar-refractivity contribution is -0.184. The standard InChI is InChI=1S/C13H11ClF4N2OS/c1-7-6-20(9-4-2-3-8(14)5-9)12(22-7)19-11(21)10(15)13(16,17)18/h2-5,7,10H,6H2,1H3. The average Bonchev–Trinajstić information content (AvgIpc) is 2.77. The fourth-order valence-electron chi connectivity index (χ4n) is 1.85. The summed E-state index contributed by atoms with van der Waals surface area (Å²) in [6.45, 7) is 2.26. The van der Waals surface area contributed by atoms with Crippen LogP contribution in [0, 0.1) is 0 Å². The number of carbonyl (C=O) groups is 1. The highest BCUT2D eigenvalue weighted by atomic mass is 35.5. The number of carbonyl (C=O) groups excluding carboxylic acids is 1. The van der Waals surface area contributed by atoms with Crippen molar-refractivity contribution in [1.82, 2.24) is 0 Å². The molecule has 1 aliphatic heterocycles. The zero-order chi connectivity index (χ0) is 16.5. The summed E-state index contributed by atoms with van der Waals surface area (Å²) in [6.07, 6.45) is -8.87. The maximum Gasteiger partial charge on any atom is 0.428 e. The Morgan fingerprint density at radius 1 is 1.50 bits per heavy atom. The number of aliphatic imine (C=N–C) groups is 1. The summed E-state index contributed by atoms with van der Waals surface area (Å²) in [4.78, 5) is 16.2. The van der Waals surface area contributed by atoms with E-state index in [0.717, 1.165) is 11.8 Å². The molecule has 1 amide bonds. The minimum Gasteiger partial charge on any atom is -0.320 e. The number of amides is 1. The smallest absolute Gasteiger partial charge is 0.320 e. The number of benzene rings is 1. The van der Waals surface area contributed by atoms with Gasteiger partial charge in [0.15, 0.2) is 5.17 Å². The summed E-state index contributed by atoms with van der Waals surface area (Å²) in [6, 6.07) is 6.58. The fraction of sp³-hybridized carbons (Fsp3) is 0.385. The molecule has 0 aliphatic carbocycles. The third-order valence-corrected chi connectivity index (χ3v) is 4.12. The Balaban J connectivity index is 2.28. The molecule has 0 radical (unpaired) electrons. The summed E-state index contributed by atoms with van der Waals surface area (Å²) >= 11 is 6.98. The molecule has 2 rings (SSSR count). The molecule has 3 nitrogen and oxygen atoms in total. The van der Waals surface area contributed by atoms with Crippen molar-refractivity contribution in [2.45, 2.75) is 24.5 Å². The normalized spacial score (nSPS) is 22.2. The highest BCUT2D eigenvalue weighted by Crippen LogP contribution is 2.32. The molecule has 22 heavy (non-hydrogen) atoms. The molecule has 1 aliphatic rings. The second-order valence-corrected chi connectivity index (χ2v) is 6.50. The Labute approximate surface area is 133 Å². The second kappa shape index (κ2) is 6.45. The summed E-state index contributed by atoms with van der Waals surface area (Å²) in [5.74, 6) is -1.85. The molecule has 0 N–H and O–H groups in total. The third kappa shape index (κ3) is 3.92. The van der Waals surface area contributed by atoms with E-state index in [1.54, 1.807) is 29.2 Å². The van der Waals surface area contributed by atoms with Crippen LogP contribution in [0.3, 0.4) is 0 Å². The van der Waals surface area contributed by atoms with Crippen molar-refractivity contribution in [2.24, 2.45) is 4.99 Å². The van der Waals surface area contributed by atoms with Crippen molar-refractivity contribution < 1.29 is 22.4 Å². The van der Waals surface area contributed by atoms with Gasteiger partial charge in [-0.15, -0.1) is 0 Å². The highest BCUT2D eigenvalue weighted by Gasteiger charge is 2.46. The van der Waals surface area contributed by atoms with E-state index in [1.165, 1.54) is 0 Å². The lowest BCUT2D eigenvalue weighted by Gasteiger charge is -2.18. The predicted molar refractivity (Wildman–Crippen MR) is 79.2 cm³/mol. The molecule has 0 bridgehead atoms. The first kappa shape index (κ1) is 17.1. The van der Waals surface area contributed by atoms with Crippen molar-refractivity contribution >= 4 is 40.1 Å². The third-order valence-electron chi connectivity index (χ3n) is 2.81. The molecule has 1 heterocycles. The number of hydrogen-bond donors (Lipinski definition) is 0. The molecular weight excluding hydrogens is 344 g/mol. The Hall–Kier alpha value is -1.28. The zero-order valence-corrected chi connectivity index (χ0v) is 12.8. The first-order chi connectivity index (χ1) is 10.2. The monoisotopic (exact) mass is 354 g/mol. The van der Waals surface area contributed by atoms with E-state index >= 15 is 0 Å². The van der Waals surface area contributed by atoms with E-state index < -0.39 is 18.3 Å². The van der Waals surface area contributed by atoms with Gasteiger partial charge in [0.05, 0.1) is 0 Å². The second-order valence-electron chi connectivity index (χ2n) is 4.66. The first-order valence-electron chi connectivity index (χ1n) is 6.21. The minimum atomic E-state index is -5.25. The van der Waals surface area contributed by atoms with Crippen molar-refractivity contribution in [1.29, 1.82) is 0 Å². The molecule has 2 atom stereocenters. The van der Waals surface area contributed by atoms with Crippen LogP contribution in [-0.4, -0.2) is 35.2 Å². The van der Waals surface area contributed by atoms with Gasteiger partial charge in [0, 0.05) is 22.5 Å². The van der Waals surface area contributed by atoms with E-state index in [0.29, 0.717) is 17.3 Å². The van der Waals surface area contributed by atoms with Gasteiger partial charge in [-0.2, -0.15) is 18.2 Å². The Kier molecular flexibility index (Phi) is 5.01. The van der Waals surface area contributed by atoms with Crippen molar-refractivity contribution in [3.05, 3.63) is 29.3 Å². The molecule has 1 aromatic carbocycles.